The van der Waals surface area contributed by atoms with Gasteiger partial charge in [0.15, 0.2) is 6.10 Å². The SMILES string of the molecule is CCCCCCC/C=C\C/C=C\CCCCCCCCCCCC(=O)OC(COC(=O)CCCCCCCCC)COC(=O)CCCCCCCCCCCCCCCCCCCCCCCCCCCCC. The average Bonchev–Trinajstić information content (AvgIpc) is 3.39. The van der Waals surface area contributed by atoms with Crippen molar-refractivity contribution < 1.29 is 28.6 Å². The van der Waals surface area contributed by atoms with E-state index in [0.717, 1.165) is 64.2 Å². The summed E-state index contributed by atoms with van der Waals surface area (Å²) in [5.41, 5.74) is 0. The van der Waals surface area contributed by atoms with Crippen molar-refractivity contribution in [3.63, 3.8) is 0 Å². The molecule has 0 aliphatic heterocycles. The molecule has 0 saturated carbocycles. The first kappa shape index (κ1) is 70.9. The Kier molecular flexibility index (Phi) is 60.6. The Morgan fingerprint density at radius 1 is 0.274 bits per heavy atom. The Bertz CT molecular complexity index is 1180. The summed E-state index contributed by atoms with van der Waals surface area (Å²) in [5.74, 6) is -0.855. The Morgan fingerprint density at radius 3 is 0.753 bits per heavy atom. The Balaban J connectivity index is 4.05. The molecule has 0 aromatic carbocycles. The maximum atomic E-state index is 12.9. The van der Waals surface area contributed by atoms with E-state index >= 15 is 0 Å². The van der Waals surface area contributed by atoms with Gasteiger partial charge in [-0.2, -0.15) is 0 Å². The van der Waals surface area contributed by atoms with Crippen molar-refractivity contribution in [3.8, 4) is 0 Å². The predicted octanol–water partition coefficient (Wildman–Crippen LogP) is 22.2. The van der Waals surface area contributed by atoms with Gasteiger partial charge in [-0.3, -0.25) is 14.4 Å². The minimum atomic E-state index is -0.768. The minimum absolute atomic E-state index is 0.0677. The van der Waals surface area contributed by atoms with Crippen LogP contribution in [0.25, 0.3) is 0 Å². The van der Waals surface area contributed by atoms with Crippen LogP contribution in [-0.2, 0) is 28.6 Å². The summed E-state index contributed by atoms with van der Waals surface area (Å²) in [6.07, 6.45) is 75.1. The maximum absolute atomic E-state index is 12.9. The average molecular weight is 1030 g/mol. The van der Waals surface area contributed by atoms with Crippen molar-refractivity contribution in [2.45, 2.75) is 374 Å². The summed E-state index contributed by atoms with van der Waals surface area (Å²) in [6, 6.07) is 0. The molecule has 0 aliphatic carbocycles. The summed E-state index contributed by atoms with van der Waals surface area (Å²) in [7, 11) is 0. The van der Waals surface area contributed by atoms with Gasteiger partial charge in [-0.05, 0) is 51.4 Å². The highest BCUT2D eigenvalue weighted by atomic mass is 16.6. The van der Waals surface area contributed by atoms with E-state index < -0.39 is 6.10 Å². The van der Waals surface area contributed by atoms with Gasteiger partial charge in [0, 0.05) is 19.3 Å². The molecule has 430 valence electrons. The number of rotatable bonds is 61. The highest BCUT2D eigenvalue weighted by molar-refractivity contribution is 5.71. The molecular weight excluding hydrogens is 901 g/mol. The zero-order valence-corrected chi connectivity index (χ0v) is 49.4. The second-order valence-electron chi connectivity index (χ2n) is 22.4. The molecule has 6 nitrogen and oxygen atoms in total. The fourth-order valence-corrected chi connectivity index (χ4v) is 10.0. The van der Waals surface area contributed by atoms with Gasteiger partial charge in [0.25, 0.3) is 0 Å². The van der Waals surface area contributed by atoms with Gasteiger partial charge in [0.05, 0.1) is 0 Å². The fourth-order valence-electron chi connectivity index (χ4n) is 10.0. The molecular formula is C67H126O6. The molecule has 6 heteroatoms. The van der Waals surface area contributed by atoms with Gasteiger partial charge in [-0.15, -0.1) is 0 Å². The van der Waals surface area contributed by atoms with Gasteiger partial charge in [0.2, 0.25) is 0 Å². The normalized spacial score (nSPS) is 12.1. The van der Waals surface area contributed by atoms with Crippen LogP contribution in [-0.4, -0.2) is 37.2 Å². The fraction of sp³-hybridized carbons (Fsp3) is 0.896. The van der Waals surface area contributed by atoms with Crippen molar-refractivity contribution in [3.05, 3.63) is 24.3 Å². The second-order valence-corrected chi connectivity index (χ2v) is 22.4. The van der Waals surface area contributed by atoms with E-state index in [0.29, 0.717) is 19.3 Å². The van der Waals surface area contributed by atoms with Crippen molar-refractivity contribution in [2.75, 3.05) is 13.2 Å². The number of ether oxygens (including phenoxy) is 3. The Labute approximate surface area is 455 Å². The van der Waals surface area contributed by atoms with Crippen LogP contribution < -0.4 is 0 Å². The second kappa shape index (κ2) is 62.4. The molecule has 0 fully saturated rings. The number of carbonyl (C=O) groups excluding carboxylic acids is 3. The topological polar surface area (TPSA) is 78.9 Å². The van der Waals surface area contributed by atoms with Crippen LogP contribution in [0.2, 0.25) is 0 Å². The highest BCUT2D eigenvalue weighted by Gasteiger charge is 2.19. The molecule has 0 rings (SSSR count). The summed E-state index contributed by atoms with van der Waals surface area (Å²) in [6.45, 7) is 6.65. The lowest BCUT2D eigenvalue weighted by molar-refractivity contribution is -0.167. The zero-order chi connectivity index (χ0) is 52.9. The molecule has 1 unspecified atom stereocenters. The third kappa shape index (κ3) is 60.6. The van der Waals surface area contributed by atoms with Crippen LogP contribution in [0.1, 0.15) is 367 Å². The summed E-state index contributed by atoms with van der Waals surface area (Å²) in [5, 5.41) is 0. The lowest BCUT2D eigenvalue weighted by Crippen LogP contribution is -2.30. The van der Waals surface area contributed by atoms with Crippen LogP contribution in [0.3, 0.4) is 0 Å². The van der Waals surface area contributed by atoms with E-state index in [9.17, 15) is 14.4 Å². The number of esters is 3. The van der Waals surface area contributed by atoms with Gasteiger partial charge in [0.1, 0.15) is 13.2 Å². The summed E-state index contributed by atoms with van der Waals surface area (Å²) < 4.78 is 16.9. The summed E-state index contributed by atoms with van der Waals surface area (Å²) in [4.78, 5) is 38.1. The number of allylic oxidation sites excluding steroid dienone is 4. The number of carbonyl (C=O) groups is 3. The zero-order valence-electron chi connectivity index (χ0n) is 49.4. The minimum Gasteiger partial charge on any atom is -0.462 e. The van der Waals surface area contributed by atoms with Crippen LogP contribution in [0, 0.1) is 0 Å². The van der Waals surface area contributed by atoms with Crippen LogP contribution in [0.5, 0.6) is 0 Å². The maximum Gasteiger partial charge on any atom is 0.306 e. The van der Waals surface area contributed by atoms with Crippen molar-refractivity contribution in [1.82, 2.24) is 0 Å². The van der Waals surface area contributed by atoms with Crippen molar-refractivity contribution in [1.29, 1.82) is 0 Å². The molecule has 1 atom stereocenters. The number of unbranched alkanes of at least 4 members (excludes halogenated alkanes) is 46. The van der Waals surface area contributed by atoms with Crippen molar-refractivity contribution >= 4 is 17.9 Å². The predicted molar refractivity (Wildman–Crippen MR) is 316 cm³/mol. The molecule has 0 aromatic heterocycles. The molecule has 0 N–H and O–H groups in total. The standard InChI is InChI=1S/C67H126O6/c1-4-7-10-13-16-18-20-22-24-26-28-30-31-32-33-34-35-37-38-40-42-44-46-48-51-54-57-60-66(69)72-63-64(62-71-65(68)59-56-53-50-15-12-9-6-3)73-67(70)61-58-55-52-49-47-45-43-41-39-36-29-27-25-23-21-19-17-14-11-8-5-2/h21,23,27,29,64H,4-20,22,24-26,28,30-63H2,1-3H3/b23-21-,29-27-. The first-order valence-electron chi connectivity index (χ1n) is 32.8. The van der Waals surface area contributed by atoms with E-state index in [1.807, 2.05) is 0 Å². The summed E-state index contributed by atoms with van der Waals surface area (Å²) >= 11 is 0. The largest absolute Gasteiger partial charge is 0.462 e. The molecule has 0 aliphatic rings. The van der Waals surface area contributed by atoms with Gasteiger partial charge < -0.3 is 14.2 Å². The first-order valence-corrected chi connectivity index (χ1v) is 32.8. The third-order valence-electron chi connectivity index (χ3n) is 15.0. The number of hydrogen-bond acceptors (Lipinski definition) is 6. The van der Waals surface area contributed by atoms with Crippen LogP contribution >= 0.6 is 0 Å². The molecule has 0 spiro atoms. The third-order valence-corrected chi connectivity index (χ3v) is 15.0. The Morgan fingerprint density at radius 2 is 0.493 bits per heavy atom. The monoisotopic (exact) mass is 1030 g/mol. The lowest BCUT2D eigenvalue weighted by atomic mass is 10.0. The quantitative estimate of drug-likeness (QED) is 0.0261. The Hall–Kier alpha value is -2.11. The first-order chi connectivity index (χ1) is 36.0. The molecule has 0 bridgehead atoms. The van der Waals surface area contributed by atoms with E-state index in [1.165, 1.54) is 263 Å². The molecule has 0 heterocycles. The van der Waals surface area contributed by atoms with Gasteiger partial charge in [-0.25, -0.2) is 0 Å². The molecule has 0 saturated heterocycles. The van der Waals surface area contributed by atoms with E-state index in [1.54, 1.807) is 0 Å². The highest BCUT2D eigenvalue weighted by Crippen LogP contribution is 2.18. The molecule has 0 amide bonds. The van der Waals surface area contributed by atoms with E-state index in [-0.39, 0.29) is 31.1 Å². The molecule has 73 heavy (non-hydrogen) atoms. The molecule has 0 radical (unpaired) electrons. The van der Waals surface area contributed by atoms with Crippen LogP contribution in [0.15, 0.2) is 24.3 Å². The van der Waals surface area contributed by atoms with Gasteiger partial charge in [-0.1, -0.05) is 321 Å². The number of hydrogen-bond donors (Lipinski definition) is 0. The van der Waals surface area contributed by atoms with Gasteiger partial charge >= 0.3 is 17.9 Å². The lowest BCUT2D eigenvalue weighted by Gasteiger charge is -2.18. The van der Waals surface area contributed by atoms with E-state index in [2.05, 4.69) is 45.1 Å². The molecule has 0 aromatic rings. The van der Waals surface area contributed by atoms with Crippen molar-refractivity contribution in [2.24, 2.45) is 0 Å². The van der Waals surface area contributed by atoms with Crippen LogP contribution in [0.4, 0.5) is 0 Å². The van der Waals surface area contributed by atoms with E-state index in [4.69, 9.17) is 14.2 Å². The smallest absolute Gasteiger partial charge is 0.306 e.